The first kappa shape index (κ1) is 15.3. The number of ether oxygens (including phenoxy) is 1. The zero-order chi connectivity index (χ0) is 15.4. The minimum absolute atomic E-state index is 0.263. The second-order valence-corrected chi connectivity index (χ2v) is 6.32. The van der Waals surface area contributed by atoms with Gasteiger partial charge in [-0.2, -0.15) is 5.26 Å². The topological polar surface area (TPSA) is 57.9 Å². The van der Waals surface area contributed by atoms with E-state index in [0.717, 1.165) is 63.1 Å². The van der Waals surface area contributed by atoms with E-state index in [1.165, 1.54) is 29.7 Å². The lowest BCUT2D eigenvalue weighted by Gasteiger charge is -2.23. The fraction of sp³-hybridized carbons (Fsp3) is 0.667. The molecule has 0 saturated carbocycles. The van der Waals surface area contributed by atoms with Crippen molar-refractivity contribution in [3.8, 4) is 6.07 Å². The number of pyridine rings is 1. The van der Waals surface area contributed by atoms with E-state index in [9.17, 15) is 5.26 Å². The van der Waals surface area contributed by atoms with Crippen LogP contribution in [0, 0.1) is 11.3 Å². The molecule has 2 heterocycles. The Bertz CT molecular complexity index is 571. The van der Waals surface area contributed by atoms with Crippen molar-refractivity contribution >= 4 is 5.82 Å². The SMILES string of the molecule is CCCc1nc(NC[C@@H]2CCCO2)c(C#N)c2c1CCCC2. The Labute approximate surface area is 132 Å². The predicted molar refractivity (Wildman–Crippen MR) is 87.1 cm³/mol. The van der Waals surface area contributed by atoms with E-state index in [1.807, 2.05) is 0 Å². The summed E-state index contributed by atoms with van der Waals surface area (Å²) in [5.74, 6) is 0.780. The summed E-state index contributed by atoms with van der Waals surface area (Å²) in [5.41, 5.74) is 4.58. The first-order valence-electron chi connectivity index (χ1n) is 8.63. The molecule has 0 radical (unpaired) electrons. The van der Waals surface area contributed by atoms with Gasteiger partial charge in [0.25, 0.3) is 0 Å². The standard InChI is InChI=1S/C18H25N3O/c1-2-6-17-15-9-4-3-8-14(15)16(11-19)18(21-17)20-12-13-7-5-10-22-13/h13H,2-10,12H2,1H3,(H,20,21)/t13-/m0/s1. The van der Waals surface area contributed by atoms with Gasteiger partial charge in [0.15, 0.2) is 0 Å². The number of hydrogen-bond acceptors (Lipinski definition) is 4. The van der Waals surface area contributed by atoms with Gasteiger partial charge in [0.2, 0.25) is 0 Å². The Hall–Kier alpha value is -1.60. The Balaban J connectivity index is 1.89. The van der Waals surface area contributed by atoms with E-state index in [4.69, 9.17) is 9.72 Å². The summed E-state index contributed by atoms with van der Waals surface area (Å²) >= 11 is 0. The zero-order valence-corrected chi connectivity index (χ0v) is 13.5. The Kier molecular flexibility index (Phi) is 4.94. The lowest BCUT2D eigenvalue weighted by Crippen LogP contribution is -2.21. The van der Waals surface area contributed by atoms with Gasteiger partial charge in [-0.05, 0) is 56.1 Å². The van der Waals surface area contributed by atoms with Crippen molar-refractivity contribution in [2.45, 2.75) is 64.4 Å². The highest BCUT2D eigenvalue weighted by molar-refractivity contribution is 5.60. The first-order chi connectivity index (χ1) is 10.8. The summed E-state index contributed by atoms with van der Waals surface area (Å²) in [7, 11) is 0. The molecule has 1 saturated heterocycles. The van der Waals surface area contributed by atoms with Gasteiger partial charge in [0.05, 0.1) is 11.7 Å². The number of hydrogen-bond donors (Lipinski definition) is 1. The van der Waals surface area contributed by atoms with Crippen LogP contribution in [0.15, 0.2) is 0 Å². The van der Waals surface area contributed by atoms with E-state index in [0.29, 0.717) is 0 Å². The molecule has 1 aromatic heterocycles. The van der Waals surface area contributed by atoms with Gasteiger partial charge in [0, 0.05) is 18.8 Å². The summed E-state index contributed by atoms with van der Waals surface area (Å²) in [4.78, 5) is 4.82. The van der Waals surface area contributed by atoms with Gasteiger partial charge in [0.1, 0.15) is 11.9 Å². The van der Waals surface area contributed by atoms with Crippen LogP contribution in [0.3, 0.4) is 0 Å². The number of aryl methyl sites for hydroxylation is 1. The van der Waals surface area contributed by atoms with Crippen LogP contribution in [0.2, 0.25) is 0 Å². The molecular formula is C18H25N3O. The molecule has 2 aliphatic rings. The molecule has 0 aromatic carbocycles. The number of nitrogens with zero attached hydrogens (tertiary/aromatic N) is 2. The minimum Gasteiger partial charge on any atom is -0.376 e. The normalized spacial score (nSPS) is 20.5. The van der Waals surface area contributed by atoms with Crippen LogP contribution in [-0.4, -0.2) is 24.2 Å². The number of nitrogens with one attached hydrogen (secondary N) is 1. The van der Waals surface area contributed by atoms with Crippen LogP contribution < -0.4 is 5.32 Å². The van der Waals surface area contributed by atoms with Crippen molar-refractivity contribution in [3.05, 3.63) is 22.4 Å². The van der Waals surface area contributed by atoms with Gasteiger partial charge in [-0.15, -0.1) is 0 Å². The maximum Gasteiger partial charge on any atom is 0.144 e. The summed E-state index contributed by atoms with van der Waals surface area (Å²) in [6, 6.07) is 2.40. The van der Waals surface area contributed by atoms with Crippen molar-refractivity contribution < 1.29 is 4.74 Å². The lowest BCUT2D eigenvalue weighted by molar-refractivity contribution is 0.120. The molecule has 22 heavy (non-hydrogen) atoms. The van der Waals surface area contributed by atoms with E-state index in [-0.39, 0.29) is 6.10 Å². The molecule has 1 N–H and O–H groups in total. The number of anilines is 1. The number of rotatable bonds is 5. The summed E-state index contributed by atoms with van der Waals surface area (Å²) in [6.07, 6.45) is 9.10. The molecule has 4 nitrogen and oxygen atoms in total. The summed E-state index contributed by atoms with van der Waals surface area (Å²) < 4.78 is 5.67. The van der Waals surface area contributed by atoms with Crippen molar-refractivity contribution in [2.24, 2.45) is 0 Å². The van der Waals surface area contributed by atoms with Crippen LogP contribution in [-0.2, 0) is 24.0 Å². The van der Waals surface area contributed by atoms with E-state index < -0.39 is 0 Å². The van der Waals surface area contributed by atoms with Crippen LogP contribution in [0.5, 0.6) is 0 Å². The molecule has 0 spiro atoms. The van der Waals surface area contributed by atoms with Crippen molar-refractivity contribution in [1.82, 2.24) is 4.98 Å². The molecule has 4 heteroatoms. The fourth-order valence-electron chi connectivity index (χ4n) is 3.61. The largest absolute Gasteiger partial charge is 0.376 e. The summed E-state index contributed by atoms with van der Waals surface area (Å²) in [5, 5.41) is 13.0. The molecule has 118 valence electrons. The number of nitriles is 1. The molecule has 1 aliphatic heterocycles. The molecular weight excluding hydrogens is 274 g/mol. The zero-order valence-electron chi connectivity index (χ0n) is 13.5. The third kappa shape index (κ3) is 3.10. The van der Waals surface area contributed by atoms with Crippen LogP contribution in [0.4, 0.5) is 5.82 Å². The molecule has 0 unspecified atom stereocenters. The Morgan fingerprint density at radius 2 is 2.09 bits per heavy atom. The maximum atomic E-state index is 9.63. The van der Waals surface area contributed by atoms with Gasteiger partial charge in [-0.1, -0.05) is 13.3 Å². The third-order valence-electron chi connectivity index (χ3n) is 4.72. The Morgan fingerprint density at radius 3 is 2.77 bits per heavy atom. The van der Waals surface area contributed by atoms with Crippen LogP contribution in [0.25, 0.3) is 0 Å². The highest BCUT2D eigenvalue weighted by Crippen LogP contribution is 2.31. The van der Waals surface area contributed by atoms with Gasteiger partial charge >= 0.3 is 0 Å². The van der Waals surface area contributed by atoms with E-state index in [1.54, 1.807) is 0 Å². The van der Waals surface area contributed by atoms with Crippen molar-refractivity contribution in [1.29, 1.82) is 5.26 Å². The number of fused-ring (bicyclic) bond motifs is 1. The average Bonchev–Trinajstić information content (AvgIpc) is 3.06. The smallest absolute Gasteiger partial charge is 0.144 e. The lowest BCUT2D eigenvalue weighted by atomic mass is 9.87. The third-order valence-corrected chi connectivity index (χ3v) is 4.72. The molecule has 0 amide bonds. The van der Waals surface area contributed by atoms with E-state index >= 15 is 0 Å². The van der Waals surface area contributed by atoms with Gasteiger partial charge in [-0.25, -0.2) is 4.98 Å². The highest BCUT2D eigenvalue weighted by Gasteiger charge is 2.22. The average molecular weight is 299 g/mol. The molecule has 1 aromatic rings. The maximum absolute atomic E-state index is 9.63. The van der Waals surface area contributed by atoms with Crippen molar-refractivity contribution in [2.75, 3.05) is 18.5 Å². The second kappa shape index (κ2) is 7.11. The monoisotopic (exact) mass is 299 g/mol. The fourth-order valence-corrected chi connectivity index (χ4v) is 3.61. The molecule has 0 bridgehead atoms. The second-order valence-electron chi connectivity index (χ2n) is 6.32. The quantitative estimate of drug-likeness (QED) is 0.905. The van der Waals surface area contributed by atoms with E-state index in [2.05, 4.69) is 18.3 Å². The summed E-state index contributed by atoms with van der Waals surface area (Å²) in [6.45, 7) is 3.80. The highest BCUT2D eigenvalue weighted by atomic mass is 16.5. The predicted octanol–water partition coefficient (Wildman–Crippen LogP) is 3.38. The number of aromatic nitrogens is 1. The van der Waals surface area contributed by atoms with Crippen LogP contribution >= 0.6 is 0 Å². The molecule has 1 fully saturated rings. The van der Waals surface area contributed by atoms with Crippen LogP contribution in [0.1, 0.15) is 61.4 Å². The first-order valence-corrected chi connectivity index (χ1v) is 8.63. The van der Waals surface area contributed by atoms with Gasteiger partial charge < -0.3 is 10.1 Å². The van der Waals surface area contributed by atoms with Gasteiger partial charge in [-0.3, -0.25) is 0 Å². The van der Waals surface area contributed by atoms with Crippen molar-refractivity contribution in [3.63, 3.8) is 0 Å². The molecule has 3 rings (SSSR count). The Morgan fingerprint density at radius 1 is 1.27 bits per heavy atom. The molecule has 1 atom stereocenters. The minimum atomic E-state index is 0.263. The molecule has 1 aliphatic carbocycles.